The molecule has 0 fully saturated rings. The Morgan fingerprint density at radius 1 is 1.08 bits per heavy atom. The van der Waals surface area contributed by atoms with Crippen LogP contribution in [0.25, 0.3) is 11.3 Å². The molecule has 0 spiro atoms. The van der Waals surface area contributed by atoms with Crippen LogP contribution in [0.3, 0.4) is 0 Å². The van der Waals surface area contributed by atoms with Crippen molar-refractivity contribution in [3.8, 4) is 11.3 Å². The van der Waals surface area contributed by atoms with Gasteiger partial charge in [0.2, 0.25) is 5.69 Å². The summed E-state index contributed by atoms with van der Waals surface area (Å²) >= 11 is 0. The van der Waals surface area contributed by atoms with Gasteiger partial charge >= 0.3 is 0 Å². The summed E-state index contributed by atoms with van der Waals surface area (Å²) < 4.78 is 0.843. The Bertz CT molecular complexity index is 401. The predicted molar refractivity (Wildman–Crippen MR) is 48.6 cm³/mol. The van der Waals surface area contributed by atoms with Gasteiger partial charge in [0.25, 0.3) is 0 Å². The van der Waals surface area contributed by atoms with Crippen molar-refractivity contribution >= 4 is 0 Å². The van der Waals surface area contributed by atoms with E-state index in [1.165, 1.54) is 6.20 Å². The molecule has 13 heavy (non-hydrogen) atoms. The van der Waals surface area contributed by atoms with Gasteiger partial charge in [0.05, 0.1) is 5.56 Å². The molecule has 0 unspecified atom stereocenters. The normalized spacial score (nSPS) is 9.85. The second-order valence-corrected chi connectivity index (χ2v) is 2.65. The highest BCUT2D eigenvalue weighted by Gasteiger charge is 2.04. The lowest BCUT2D eigenvalue weighted by molar-refractivity contribution is -0.593. The van der Waals surface area contributed by atoms with E-state index >= 15 is 0 Å². The molecular weight excluding hydrogens is 164 g/mol. The molecule has 0 aromatic carbocycles. The first-order chi connectivity index (χ1) is 6.38. The van der Waals surface area contributed by atoms with E-state index < -0.39 is 0 Å². The smallest absolute Gasteiger partial charge is 0.223 e. The van der Waals surface area contributed by atoms with Crippen LogP contribution in [0.4, 0.5) is 0 Å². The molecule has 0 aliphatic heterocycles. The molecule has 64 valence electrons. The fourth-order valence-electron chi connectivity index (χ4n) is 1.17. The lowest BCUT2D eigenvalue weighted by Crippen LogP contribution is -2.27. The number of nitrogens with zero attached hydrogens (tertiary/aromatic N) is 2. The van der Waals surface area contributed by atoms with Gasteiger partial charge < -0.3 is 5.21 Å². The summed E-state index contributed by atoms with van der Waals surface area (Å²) in [5, 5.41) is 11.3. The summed E-state index contributed by atoms with van der Waals surface area (Å²) in [6.07, 6.45) is 4.82. The number of aromatic nitrogens is 2. The molecule has 0 radical (unpaired) electrons. The number of pyridine rings is 2. The number of rotatable bonds is 1. The topological polar surface area (TPSA) is 39.8 Å². The number of hydrogen-bond donors (Lipinski definition) is 0. The first-order valence-corrected chi connectivity index (χ1v) is 3.96. The highest BCUT2D eigenvalue weighted by molar-refractivity contribution is 5.54. The van der Waals surface area contributed by atoms with Gasteiger partial charge in [0.15, 0.2) is 6.20 Å². The molecule has 2 aromatic rings. The fraction of sp³-hybridized carbons (Fsp3) is 0. The van der Waals surface area contributed by atoms with E-state index in [0.29, 0.717) is 5.69 Å². The zero-order valence-corrected chi connectivity index (χ0v) is 6.92. The second kappa shape index (κ2) is 3.23. The quantitative estimate of drug-likeness (QED) is 0.481. The van der Waals surface area contributed by atoms with Gasteiger partial charge in [-0.2, -0.15) is 4.73 Å². The molecule has 0 amide bonds. The monoisotopic (exact) mass is 172 g/mol. The van der Waals surface area contributed by atoms with Crippen LogP contribution in [0.15, 0.2) is 48.9 Å². The van der Waals surface area contributed by atoms with Crippen LogP contribution in [0.2, 0.25) is 0 Å². The van der Waals surface area contributed by atoms with E-state index in [1.807, 2.05) is 18.2 Å². The van der Waals surface area contributed by atoms with Crippen molar-refractivity contribution in [2.45, 2.75) is 0 Å². The molecule has 0 atom stereocenters. The van der Waals surface area contributed by atoms with E-state index in [-0.39, 0.29) is 0 Å². The highest BCUT2D eigenvalue weighted by atomic mass is 16.5. The molecule has 0 aliphatic rings. The average molecular weight is 172 g/mol. The van der Waals surface area contributed by atoms with E-state index in [0.717, 1.165) is 10.3 Å². The third-order valence-corrected chi connectivity index (χ3v) is 1.80. The summed E-state index contributed by atoms with van der Waals surface area (Å²) in [4.78, 5) is 3.89. The Hall–Kier alpha value is -1.90. The van der Waals surface area contributed by atoms with Gasteiger partial charge in [-0.1, -0.05) is 0 Å². The minimum Gasteiger partial charge on any atom is -0.618 e. The zero-order chi connectivity index (χ0) is 9.10. The molecule has 0 N–H and O–H groups in total. The summed E-state index contributed by atoms with van der Waals surface area (Å²) in [6, 6.07) is 8.94. The van der Waals surface area contributed by atoms with Crippen molar-refractivity contribution < 1.29 is 4.73 Å². The van der Waals surface area contributed by atoms with E-state index in [2.05, 4.69) is 4.98 Å². The molecule has 0 saturated carbocycles. The maximum atomic E-state index is 11.3. The molecule has 2 heterocycles. The van der Waals surface area contributed by atoms with Crippen LogP contribution in [0.5, 0.6) is 0 Å². The van der Waals surface area contributed by atoms with Crippen LogP contribution >= 0.6 is 0 Å². The molecule has 3 heteroatoms. The van der Waals surface area contributed by atoms with Gasteiger partial charge in [-0.15, -0.1) is 0 Å². The minimum absolute atomic E-state index is 0.643. The molecule has 0 aliphatic carbocycles. The van der Waals surface area contributed by atoms with Crippen molar-refractivity contribution in [3.63, 3.8) is 0 Å². The first kappa shape index (κ1) is 7.73. The standard InChI is InChI=1S/C10H8N2O/c13-12-8-2-1-3-10(12)9-4-6-11-7-5-9/h1-8H. The van der Waals surface area contributed by atoms with Gasteiger partial charge in [0, 0.05) is 24.5 Å². The lowest BCUT2D eigenvalue weighted by atomic mass is 10.2. The fourth-order valence-corrected chi connectivity index (χ4v) is 1.17. The summed E-state index contributed by atoms with van der Waals surface area (Å²) in [5.41, 5.74) is 1.52. The molecular formula is C10H8N2O. The van der Waals surface area contributed by atoms with Crippen LogP contribution in [0, 0.1) is 5.21 Å². The lowest BCUT2D eigenvalue weighted by Gasteiger charge is -2.02. The van der Waals surface area contributed by atoms with Gasteiger partial charge in [-0.05, 0) is 18.2 Å². The highest BCUT2D eigenvalue weighted by Crippen LogP contribution is 2.11. The number of hydrogen-bond acceptors (Lipinski definition) is 2. The van der Waals surface area contributed by atoms with Gasteiger partial charge in [-0.3, -0.25) is 4.98 Å². The van der Waals surface area contributed by atoms with Crippen LogP contribution in [-0.4, -0.2) is 4.98 Å². The van der Waals surface area contributed by atoms with Crippen molar-refractivity contribution in [2.75, 3.05) is 0 Å². The summed E-state index contributed by atoms with van der Waals surface area (Å²) in [6.45, 7) is 0. The van der Waals surface area contributed by atoms with Crippen molar-refractivity contribution in [1.82, 2.24) is 4.98 Å². The molecule has 3 nitrogen and oxygen atoms in total. The third kappa shape index (κ3) is 1.49. The van der Waals surface area contributed by atoms with Gasteiger partial charge in [-0.25, -0.2) is 0 Å². The summed E-state index contributed by atoms with van der Waals surface area (Å²) in [5.74, 6) is 0. The van der Waals surface area contributed by atoms with Crippen molar-refractivity contribution in [1.29, 1.82) is 0 Å². The Morgan fingerprint density at radius 3 is 2.54 bits per heavy atom. The molecule has 0 bridgehead atoms. The first-order valence-electron chi connectivity index (χ1n) is 3.96. The minimum atomic E-state index is 0.643. The Balaban J connectivity index is 2.54. The second-order valence-electron chi connectivity index (χ2n) is 2.65. The van der Waals surface area contributed by atoms with E-state index in [4.69, 9.17) is 0 Å². The molecule has 2 rings (SSSR count). The SMILES string of the molecule is [O-][n+]1ccccc1-c1ccncc1. The molecule has 0 saturated heterocycles. The summed E-state index contributed by atoms with van der Waals surface area (Å²) in [7, 11) is 0. The Labute approximate surface area is 75.9 Å². The Morgan fingerprint density at radius 2 is 1.85 bits per heavy atom. The van der Waals surface area contributed by atoms with E-state index in [1.54, 1.807) is 24.5 Å². The maximum Gasteiger partial charge on any atom is 0.223 e. The van der Waals surface area contributed by atoms with Crippen molar-refractivity contribution in [2.24, 2.45) is 0 Å². The third-order valence-electron chi connectivity index (χ3n) is 1.80. The van der Waals surface area contributed by atoms with E-state index in [9.17, 15) is 5.21 Å². The largest absolute Gasteiger partial charge is 0.618 e. The predicted octanol–water partition coefficient (Wildman–Crippen LogP) is 1.38. The Kier molecular flexibility index (Phi) is 1.92. The molecule has 2 aromatic heterocycles. The van der Waals surface area contributed by atoms with Crippen LogP contribution in [0.1, 0.15) is 0 Å². The van der Waals surface area contributed by atoms with Crippen molar-refractivity contribution in [3.05, 3.63) is 54.1 Å². The average Bonchev–Trinajstić information content (AvgIpc) is 2.20. The van der Waals surface area contributed by atoms with Crippen LogP contribution < -0.4 is 4.73 Å². The van der Waals surface area contributed by atoms with Crippen LogP contribution in [-0.2, 0) is 0 Å². The van der Waals surface area contributed by atoms with Gasteiger partial charge in [0.1, 0.15) is 0 Å². The zero-order valence-electron chi connectivity index (χ0n) is 6.92. The maximum absolute atomic E-state index is 11.3.